The van der Waals surface area contributed by atoms with Crippen LogP contribution in [0, 0.1) is 17.8 Å². The van der Waals surface area contributed by atoms with E-state index in [0.29, 0.717) is 36.9 Å². The lowest BCUT2D eigenvalue weighted by Crippen LogP contribution is -2.59. The third-order valence-corrected chi connectivity index (χ3v) is 11.2. The molecule has 1 aliphatic rings. The van der Waals surface area contributed by atoms with Gasteiger partial charge in [0.15, 0.2) is 0 Å². The summed E-state index contributed by atoms with van der Waals surface area (Å²) in [4.78, 5) is 103. The highest BCUT2D eigenvalue weighted by Gasteiger charge is 2.39. The van der Waals surface area contributed by atoms with E-state index in [1.807, 2.05) is 41.5 Å². The summed E-state index contributed by atoms with van der Waals surface area (Å²) < 4.78 is 0. The number of carbonyl (C=O) groups is 7. The number of likely N-dealkylation sites (tertiary alicyclic amines) is 1. The summed E-state index contributed by atoms with van der Waals surface area (Å²) in [6.45, 7) is 27.8. The molecule has 0 saturated carbocycles. The molecule has 63 heavy (non-hydrogen) atoms. The van der Waals surface area contributed by atoms with Crippen LogP contribution in [0.25, 0.3) is 0 Å². The zero-order chi connectivity index (χ0) is 48.0. The molecule has 0 radical (unpaired) electrons. The predicted octanol–water partition coefficient (Wildman–Crippen LogP) is 5.14. The van der Waals surface area contributed by atoms with Crippen LogP contribution in [0.2, 0.25) is 0 Å². The summed E-state index contributed by atoms with van der Waals surface area (Å²) in [6.07, 6.45) is 13.8. The summed E-state index contributed by atoms with van der Waals surface area (Å²) in [5.74, 6) is -2.90. The van der Waals surface area contributed by atoms with Gasteiger partial charge in [-0.2, -0.15) is 0 Å². The topological polar surface area (TPSA) is 169 Å². The van der Waals surface area contributed by atoms with Crippen LogP contribution in [0.5, 0.6) is 0 Å². The van der Waals surface area contributed by atoms with Gasteiger partial charge in [-0.25, -0.2) is 0 Å². The lowest BCUT2D eigenvalue weighted by Gasteiger charge is -2.37. The normalized spacial score (nSPS) is 16.0. The van der Waals surface area contributed by atoms with Crippen molar-refractivity contribution in [2.75, 3.05) is 41.3 Å². The van der Waals surface area contributed by atoms with Crippen LogP contribution in [0.15, 0.2) is 73.9 Å². The van der Waals surface area contributed by atoms with Crippen molar-refractivity contribution in [2.24, 2.45) is 17.8 Å². The largest absolute Gasteiger partial charge is 0.344 e. The van der Waals surface area contributed by atoms with E-state index in [1.54, 1.807) is 55.5 Å². The van der Waals surface area contributed by atoms with Gasteiger partial charge in [-0.05, 0) is 75.3 Å². The van der Waals surface area contributed by atoms with Gasteiger partial charge in [0, 0.05) is 40.7 Å². The molecule has 352 valence electrons. The standard InChI is InChI=1S/C49H79N7O7/c1-15-18-23-36(10)29-38(32-57)53(12)47(61)40(27-34(6)7)51-44(58)31-41(48(62)56-24-20-19-21-25-56)52-45(59)42(28-35(8)9)54(13)49(63)43(30-37(17-3)22-16-2)55(14)46(60)39(50-11)26-33(4)5/h15-18,22-23,32-35,38-43,50H,1-3,10,19-21,24-31H2,4-9,11-14H3,(H,51,58)(H,52,59)/b23-18-,37-22+/t38-,39-,40?,41?,42-,43-/m0/s1. The van der Waals surface area contributed by atoms with Crippen molar-refractivity contribution in [1.29, 1.82) is 0 Å². The number of nitrogens with zero attached hydrogens (tertiary/aromatic N) is 4. The van der Waals surface area contributed by atoms with Gasteiger partial charge < -0.3 is 40.3 Å². The third kappa shape index (κ3) is 18.6. The minimum absolute atomic E-state index is 0.0320. The molecule has 1 fully saturated rings. The minimum Gasteiger partial charge on any atom is -0.344 e. The van der Waals surface area contributed by atoms with Crippen molar-refractivity contribution in [2.45, 2.75) is 136 Å². The first-order chi connectivity index (χ1) is 29.7. The molecular formula is C49H79N7O7. The van der Waals surface area contributed by atoms with E-state index in [0.717, 1.165) is 19.3 Å². The summed E-state index contributed by atoms with van der Waals surface area (Å²) in [5.41, 5.74) is 1.28. The van der Waals surface area contributed by atoms with Crippen LogP contribution in [-0.4, -0.2) is 139 Å². The number of piperidine rings is 1. The maximum Gasteiger partial charge on any atom is 0.246 e. The summed E-state index contributed by atoms with van der Waals surface area (Å²) in [7, 11) is 6.29. The Morgan fingerprint density at radius 2 is 1.22 bits per heavy atom. The average molecular weight is 878 g/mol. The molecule has 0 aromatic heterocycles. The van der Waals surface area contributed by atoms with Crippen LogP contribution in [0.4, 0.5) is 0 Å². The highest BCUT2D eigenvalue weighted by Crippen LogP contribution is 2.22. The Morgan fingerprint density at radius 3 is 1.73 bits per heavy atom. The van der Waals surface area contributed by atoms with E-state index in [9.17, 15) is 33.6 Å². The second-order valence-corrected chi connectivity index (χ2v) is 17.9. The van der Waals surface area contributed by atoms with Crippen molar-refractivity contribution < 1.29 is 33.6 Å². The molecule has 0 bridgehead atoms. The molecule has 6 atom stereocenters. The smallest absolute Gasteiger partial charge is 0.246 e. The van der Waals surface area contributed by atoms with E-state index in [-0.39, 0.29) is 49.3 Å². The van der Waals surface area contributed by atoms with Crippen molar-refractivity contribution in [3.05, 3.63) is 73.9 Å². The molecule has 0 aliphatic carbocycles. The fourth-order valence-corrected chi connectivity index (χ4v) is 7.63. The highest BCUT2D eigenvalue weighted by molar-refractivity contribution is 5.97. The molecule has 0 spiro atoms. The van der Waals surface area contributed by atoms with Crippen LogP contribution in [-0.2, 0) is 33.6 Å². The highest BCUT2D eigenvalue weighted by atomic mass is 16.2. The minimum atomic E-state index is -1.32. The molecule has 2 unspecified atom stereocenters. The monoisotopic (exact) mass is 878 g/mol. The molecule has 6 amide bonds. The van der Waals surface area contributed by atoms with Crippen molar-refractivity contribution in [1.82, 2.24) is 35.6 Å². The molecule has 14 nitrogen and oxygen atoms in total. The number of hydrogen-bond donors (Lipinski definition) is 3. The van der Waals surface area contributed by atoms with E-state index in [2.05, 4.69) is 42.3 Å². The number of nitrogens with one attached hydrogen (secondary N) is 3. The quantitative estimate of drug-likeness (QED) is 0.0718. The van der Waals surface area contributed by atoms with E-state index in [4.69, 9.17) is 0 Å². The number of aldehydes is 1. The zero-order valence-corrected chi connectivity index (χ0v) is 40.0. The first kappa shape index (κ1) is 55.9. The third-order valence-electron chi connectivity index (χ3n) is 11.2. The van der Waals surface area contributed by atoms with E-state index < -0.39 is 72.2 Å². The predicted molar refractivity (Wildman–Crippen MR) is 252 cm³/mol. The van der Waals surface area contributed by atoms with Gasteiger partial charge in [0.2, 0.25) is 35.4 Å². The second kappa shape index (κ2) is 28.6. The molecule has 1 saturated heterocycles. The van der Waals surface area contributed by atoms with Gasteiger partial charge in [0.25, 0.3) is 0 Å². The average Bonchev–Trinajstić information content (AvgIpc) is 3.24. The number of carbonyl (C=O) groups excluding carboxylic acids is 7. The van der Waals surface area contributed by atoms with Crippen molar-refractivity contribution in [3.63, 3.8) is 0 Å². The van der Waals surface area contributed by atoms with Crippen LogP contribution in [0.1, 0.15) is 99.3 Å². The van der Waals surface area contributed by atoms with Crippen molar-refractivity contribution in [3.8, 4) is 0 Å². The SMILES string of the molecule is C=C/C=C\C(=C)C[C@@H](C=O)N(C)C(=O)C(CC(C)C)NC(=O)CC(NC(=O)[C@H](CC(C)C)N(C)C(=O)[C@H](C/C(C=C)=C/C=C)N(C)C(=O)[C@H](CC(C)C)NC)C(=O)N1CCCCC1. The first-order valence-electron chi connectivity index (χ1n) is 22.4. The van der Waals surface area contributed by atoms with Gasteiger partial charge in [-0.3, -0.25) is 28.8 Å². The Balaban J connectivity index is 3.63. The lowest BCUT2D eigenvalue weighted by atomic mass is 9.97. The Kier molecular flexibility index (Phi) is 25.3. The summed E-state index contributed by atoms with van der Waals surface area (Å²) in [6, 6.07) is -5.87. The molecular weight excluding hydrogens is 799 g/mol. The molecule has 3 N–H and O–H groups in total. The Hall–Kier alpha value is -5.11. The van der Waals surface area contributed by atoms with Gasteiger partial charge >= 0.3 is 0 Å². The number of rotatable bonds is 28. The maximum absolute atomic E-state index is 14.7. The van der Waals surface area contributed by atoms with Gasteiger partial charge in [-0.15, -0.1) is 0 Å². The number of amides is 6. The van der Waals surface area contributed by atoms with Gasteiger partial charge in [0.1, 0.15) is 30.5 Å². The fourth-order valence-electron chi connectivity index (χ4n) is 7.63. The molecule has 1 aliphatic heterocycles. The lowest BCUT2D eigenvalue weighted by molar-refractivity contribution is -0.149. The summed E-state index contributed by atoms with van der Waals surface area (Å²) in [5, 5.41) is 8.74. The van der Waals surface area contributed by atoms with Crippen LogP contribution < -0.4 is 16.0 Å². The molecule has 1 heterocycles. The molecule has 0 aromatic rings. The molecule has 1 rings (SSSR count). The summed E-state index contributed by atoms with van der Waals surface area (Å²) >= 11 is 0. The van der Waals surface area contributed by atoms with Crippen molar-refractivity contribution >= 4 is 41.7 Å². The Bertz CT molecular complexity index is 1660. The molecule has 0 aromatic carbocycles. The van der Waals surface area contributed by atoms with Crippen LogP contribution in [0.3, 0.4) is 0 Å². The molecule has 14 heteroatoms. The zero-order valence-electron chi connectivity index (χ0n) is 40.0. The number of likely N-dealkylation sites (N-methyl/N-ethyl adjacent to an activating group) is 4. The second-order valence-electron chi connectivity index (χ2n) is 17.9. The fraction of sp³-hybridized carbons (Fsp3) is 0.612. The first-order valence-corrected chi connectivity index (χ1v) is 22.4. The Labute approximate surface area is 378 Å². The van der Waals surface area contributed by atoms with Gasteiger partial charge in [0.05, 0.1) is 18.5 Å². The maximum atomic E-state index is 14.7. The van der Waals surface area contributed by atoms with E-state index in [1.165, 1.54) is 28.8 Å². The van der Waals surface area contributed by atoms with Crippen LogP contribution >= 0.6 is 0 Å². The number of allylic oxidation sites excluding steroid dienone is 6. The van der Waals surface area contributed by atoms with Gasteiger partial charge in [-0.1, -0.05) is 110 Å². The number of hydrogen-bond acceptors (Lipinski definition) is 8. The Morgan fingerprint density at radius 1 is 0.667 bits per heavy atom. The van der Waals surface area contributed by atoms with E-state index >= 15 is 0 Å².